The van der Waals surface area contributed by atoms with Crippen LogP contribution in [-0.2, 0) is 4.79 Å². The Morgan fingerprint density at radius 2 is 1.90 bits per heavy atom. The first-order valence-corrected chi connectivity index (χ1v) is 6.41. The number of rotatable bonds is 4. The zero-order valence-corrected chi connectivity index (χ0v) is 11.6. The van der Waals surface area contributed by atoms with E-state index in [-0.39, 0.29) is 12.5 Å². The number of nitrogens with two attached hydrogens (primary N) is 1. The summed E-state index contributed by atoms with van der Waals surface area (Å²) in [6.07, 6.45) is 0. The fraction of sp³-hybridized carbons (Fsp3) is 0.188. The van der Waals surface area contributed by atoms with Crippen LogP contribution in [-0.4, -0.2) is 12.5 Å². The van der Waals surface area contributed by atoms with Crippen LogP contribution in [0.15, 0.2) is 42.5 Å². The molecule has 0 aliphatic carbocycles. The topological polar surface area (TPSA) is 64.3 Å². The van der Waals surface area contributed by atoms with E-state index >= 15 is 0 Å². The molecule has 0 unspecified atom stereocenters. The molecule has 0 saturated carbocycles. The molecular weight excluding hydrogens is 252 g/mol. The number of aryl methyl sites for hydroxylation is 1. The number of para-hydroxylation sites is 2. The van der Waals surface area contributed by atoms with Gasteiger partial charge < -0.3 is 15.8 Å². The van der Waals surface area contributed by atoms with Gasteiger partial charge in [-0.05, 0) is 43.2 Å². The van der Waals surface area contributed by atoms with Gasteiger partial charge in [0.15, 0.2) is 6.61 Å². The summed E-state index contributed by atoms with van der Waals surface area (Å²) in [6, 6.07) is 12.9. The second-order valence-electron chi connectivity index (χ2n) is 4.62. The van der Waals surface area contributed by atoms with Gasteiger partial charge in [-0.3, -0.25) is 4.79 Å². The third-order valence-corrected chi connectivity index (χ3v) is 3.15. The molecule has 0 saturated heterocycles. The number of hydrogen-bond donors (Lipinski definition) is 2. The molecule has 3 N–H and O–H groups in total. The minimum atomic E-state index is -0.233. The van der Waals surface area contributed by atoms with Crippen molar-refractivity contribution in [2.24, 2.45) is 0 Å². The maximum Gasteiger partial charge on any atom is 0.262 e. The number of carbonyl (C=O) groups excluding carboxylic acids is 1. The van der Waals surface area contributed by atoms with Crippen molar-refractivity contribution >= 4 is 17.3 Å². The van der Waals surface area contributed by atoms with Gasteiger partial charge in [0.1, 0.15) is 5.75 Å². The van der Waals surface area contributed by atoms with Gasteiger partial charge in [-0.15, -0.1) is 0 Å². The maximum absolute atomic E-state index is 11.8. The summed E-state index contributed by atoms with van der Waals surface area (Å²) in [4.78, 5) is 11.8. The van der Waals surface area contributed by atoms with Crippen molar-refractivity contribution in [1.82, 2.24) is 0 Å². The zero-order valence-electron chi connectivity index (χ0n) is 11.6. The SMILES string of the molecule is Cc1cccc(OCC(=O)Nc2ccccc2N)c1C. The standard InChI is InChI=1S/C16H18N2O2/c1-11-6-5-9-15(12(11)2)20-10-16(19)18-14-8-4-3-7-13(14)17/h3-9H,10,17H2,1-2H3,(H,18,19). The predicted molar refractivity (Wildman–Crippen MR) is 80.9 cm³/mol. The van der Waals surface area contributed by atoms with E-state index in [0.29, 0.717) is 11.4 Å². The summed E-state index contributed by atoms with van der Waals surface area (Å²) < 4.78 is 5.54. The van der Waals surface area contributed by atoms with Crippen molar-refractivity contribution in [2.45, 2.75) is 13.8 Å². The molecule has 4 heteroatoms. The quantitative estimate of drug-likeness (QED) is 0.840. The lowest BCUT2D eigenvalue weighted by Gasteiger charge is -2.11. The molecule has 20 heavy (non-hydrogen) atoms. The van der Waals surface area contributed by atoms with Gasteiger partial charge in [0.25, 0.3) is 5.91 Å². The predicted octanol–water partition coefficient (Wildman–Crippen LogP) is 2.90. The van der Waals surface area contributed by atoms with Gasteiger partial charge in [-0.1, -0.05) is 24.3 Å². The van der Waals surface area contributed by atoms with Crippen LogP contribution in [0.1, 0.15) is 11.1 Å². The molecule has 0 aromatic heterocycles. The molecule has 0 bridgehead atoms. The minimum absolute atomic E-state index is 0.0430. The Kier molecular flexibility index (Phi) is 4.25. The molecule has 0 atom stereocenters. The number of hydrogen-bond acceptors (Lipinski definition) is 3. The van der Waals surface area contributed by atoms with Gasteiger partial charge in [0.05, 0.1) is 11.4 Å². The van der Waals surface area contributed by atoms with Crippen LogP contribution >= 0.6 is 0 Å². The highest BCUT2D eigenvalue weighted by Crippen LogP contribution is 2.21. The first-order valence-electron chi connectivity index (χ1n) is 6.41. The third kappa shape index (κ3) is 3.29. The summed E-state index contributed by atoms with van der Waals surface area (Å²) >= 11 is 0. The number of nitrogen functional groups attached to an aromatic ring is 1. The van der Waals surface area contributed by atoms with Crippen molar-refractivity contribution in [3.63, 3.8) is 0 Å². The average molecular weight is 270 g/mol. The van der Waals surface area contributed by atoms with Crippen LogP contribution in [0.2, 0.25) is 0 Å². The van der Waals surface area contributed by atoms with E-state index in [1.54, 1.807) is 12.1 Å². The van der Waals surface area contributed by atoms with Crippen LogP contribution in [0.5, 0.6) is 5.75 Å². The van der Waals surface area contributed by atoms with Crippen molar-refractivity contribution in [3.8, 4) is 5.75 Å². The van der Waals surface area contributed by atoms with Crippen molar-refractivity contribution in [1.29, 1.82) is 0 Å². The summed E-state index contributed by atoms with van der Waals surface area (Å²) in [5.41, 5.74) is 9.07. The first-order chi connectivity index (χ1) is 9.58. The monoisotopic (exact) mass is 270 g/mol. The Balaban J connectivity index is 1.96. The fourth-order valence-electron chi connectivity index (χ4n) is 1.82. The van der Waals surface area contributed by atoms with E-state index in [0.717, 1.165) is 16.9 Å². The lowest BCUT2D eigenvalue weighted by molar-refractivity contribution is -0.118. The Morgan fingerprint density at radius 1 is 1.15 bits per heavy atom. The van der Waals surface area contributed by atoms with Gasteiger partial charge in [0, 0.05) is 0 Å². The van der Waals surface area contributed by atoms with Gasteiger partial charge in [-0.2, -0.15) is 0 Å². The summed E-state index contributed by atoms with van der Waals surface area (Å²) in [7, 11) is 0. The van der Waals surface area contributed by atoms with Gasteiger partial charge in [0.2, 0.25) is 0 Å². The van der Waals surface area contributed by atoms with Crippen molar-refractivity contribution < 1.29 is 9.53 Å². The Bertz CT molecular complexity index is 624. The number of benzene rings is 2. The molecule has 2 aromatic carbocycles. The summed E-state index contributed by atoms with van der Waals surface area (Å²) in [6.45, 7) is 3.93. The first kappa shape index (κ1) is 13.9. The molecule has 2 aromatic rings. The Morgan fingerprint density at radius 3 is 2.65 bits per heavy atom. The molecular formula is C16H18N2O2. The molecule has 1 amide bonds. The molecule has 4 nitrogen and oxygen atoms in total. The number of amides is 1. The van der Waals surface area contributed by atoms with Crippen LogP contribution in [0.25, 0.3) is 0 Å². The third-order valence-electron chi connectivity index (χ3n) is 3.15. The molecule has 0 aliphatic rings. The van der Waals surface area contributed by atoms with E-state index in [2.05, 4.69) is 5.32 Å². The van der Waals surface area contributed by atoms with Crippen LogP contribution < -0.4 is 15.8 Å². The zero-order chi connectivity index (χ0) is 14.5. The van der Waals surface area contributed by atoms with Gasteiger partial charge in [-0.25, -0.2) is 0 Å². The molecule has 0 aliphatic heterocycles. The fourth-order valence-corrected chi connectivity index (χ4v) is 1.82. The summed E-state index contributed by atoms with van der Waals surface area (Å²) in [5, 5.41) is 2.73. The van der Waals surface area contributed by atoms with Crippen LogP contribution in [0, 0.1) is 13.8 Å². The highest BCUT2D eigenvalue weighted by atomic mass is 16.5. The van der Waals surface area contributed by atoms with Gasteiger partial charge >= 0.3 is 0 Å². The minimum Gasteiger partial charge on any atom is -0.483 e. The Hall–Kier alpha value is -2.49. The van der Waals surface area contributed by atoms with E-state index in [9.17, 15) is 4.79 Å². The molecule has 0 heterocycles. The van der Waals surface area contributed by atoms with Crippen LogP contribution in [0.3, 0.4) is 0 Å². The van der Waals surface area contributed by atoms with E-state index < -0.39 is 0 Å². The van der Waals surface area contributed by atoms with Crippen molar-refractivity contribution in [3.05, 3.63) is 53.6 Å². The number of anilines is 2. The highest BCUT2D eigenvalue weighted by Gasteiger charge is 2.07. The lowest BCUT2D eigenvalue weighted by Crippen LogP contribution is -2.21. The average Bonchev–Trinajstić information content (AvgIpc) is 2.43. The maximum atomic E-state index is 11.8. The molecule has 0 spiro atoms. The van der Waals surface area contributed by atoms with E-state index in [4.69, 9.17) is 10.5 Å². The normalized spacial score (nSPS) is 10.1. The van der Waals surface area contributed by atoms with E-state index in [1.807, 2.05) is 44.2 Å². The Labute approximate surface area is 118 Å². The second-order valence-corrected chi connectivity index (χ2v) is 4.62. The number of ether oxygens (including phenoxy) is 1. The molecule has 104 valence electrons. The van der Waals surface area contributed by atoms with Crippen LogP contribution in [0.4, 0.5) is 11.4 Å². The number of nitrogens with one attached hydrogen (secondary N) is 1. The second kappa shape index (κ2) is 6.10. The summed E-state index contributed by atoms with van der Waals surface area (Å²) in [5.74, 6) is 0.491. The smallest absolute Gasteiger partial charge is 0.262 e. The number of carbonyl (C=O) groups is 1. The van der Waals surface area contributed by atoms with E-state index in [1.165, 1.54) is 0 Å². The molecule has 0 radical (unpaired) electrons. The highest BCUT2D eigenvalue weighted by molar-refractivity contribution is 5.94. The lowest BCUT2D eigenvalue weighted by atomic mass is 10.1. The largest absolute Gasteiger partial charge is 0.483 e. The molecule has 0 fully saturated rings. The molecule has 2 rings (SSSR count). The van der Waals surface area contributed by atoms with Crippen molar-refractivity contribution in [2.75, 3.05) is 17.7 Å².